The van der Waals surface area contributed by atoms with Gasteiger partial charge in [0.05, 0.1) is 12.1 Å². The van der Waals surface area contributed by atoms with Crippen molar-refractivity contribution >= 4 is 5.91 Å². The van der Waals surface area contributed by atoms with E-state index in [4.69, 9.17) is 5.53 Å². The van der Waals surface area contributed by atoms with E-state index < -0.39 is 6.10 Å². The molecule has 0 bridgehead atoms. The number of azide groups is 1. The van der Waals surface area contributed by atoms with Gasteiger partial charge in [0.25, 0.3) is 0 Å². The Balaban J connectivity index is 2.57. The van der Waals surface area contributed by atoms with Gasteiger partial charge < -0.3 is 10.0 Å². The van der Waals surface area contributed by atoms with Crippen LogP contribution in [0.1, 0.15) is 19.8 Å². The zero-order valence-corrected chi connectivity index (χ0v) is 8.13. The Labute approximate surface area is 82.1 Å². The number of amides is 1. The number of carbonyl (C=O) groups is 1. The number of hydrogen-bond donors (Lipinski definition) is 1. The lowest BCUT2D eigenvalue weighted by Crippen LogP contribution is -2.42. The molecule has 0 aromatic carbocycles. The Hall–Kier alpha value is -1.26. The van der Waals surface area contributed by atoms with Crippen LogP contribution in [0.25, 0.3) is 10.4 Å². The highest BCUT2D eigenvalue weighted by molar-refractivity contribution is 5.79. The van der Waals surface area contributed by atoms with Crippen LogP contribution in [0, 0.1) is 0 Å². The fourth-order valence-electron chi connectivity index (χ4n) is 1.79. The number of likely N-dealkylation sites (tertiary alicyclic amines) is 1. The van der Waals surface area contributed by atoms with Crippen molar-refractivity contribution in [1.29, 1.82) is 0 Å². The van der Waals surface area contributed by atoms with Crippen molar-refractivity contribution in [2.24, 2.45) is 5.11 Å². The average Bonchev–Trinajstić information content (AvgIpc) is 2.62. The molecule has 6 heteroatoms. The Morgan fingerprint density at radius 2 is 2.57 bits per heavy atom. The van der Waals surface area contributed by atoms with Crippen LogP contribution in [0.3, 0.4) is 0 Å². The standard InChI is InChI=1S/C8H14N4O2/c1-6(13)7-3-2-4-12(7)8(14)5-10-11-9/h6-7,13H,2-5H2,1H3/t6-,7-/m0/s1. The third-order valence-corrected chi connectivity index (χ3v) is 2.45. The van der Waals surface area contributed by atoms with E-state index in [2.05, 4.69) is 10.0 Å². The van der Waals surface area contributed by atoms with Gasteiger partial charge in [0.2, 0.25) is 5.91 Å². The van der Waals surface area contributed by atoms with Gasteiger partial charge in [-0.3, -0.25) is 4.79 Å². The summed E-state index contributed by atoms with van der Waals surface area (Å²) in [6.07, 6.45) is 1.20. The Morgan fingerprint density at radius 3 is 3.14 bits per heavy atom. The lowest BCUT2D eigenvalue weighted by atomic mass is 10.1. The number of carbonyl (C=O) groups excluding carboxylic acids is 1. The summed E-state index contributed by atoms with van der Waals surface area (Å²) < 4.78 is 0. The molecule has 6 nitrogen and oxygen atoms in total. The number of aliphatic hydroxyl groups excluding tert-OH is 1. The summed E-state index contributed by atoms with van der Waals surface area (Å²) in [7, 11) is 0. The van der Waals surface area contributed by atoms with E-state index in [-0.39, 0.29) is 18.5 Å². The first-order valence-corrected chi connectivity index (χ1v) is 4.65. The molecule has 0 spiro atoms. The van der Waals surface area contributed by atoms with Gasteiger partial charge in [-0.1, -0.05) is 5.11 Å². The third-order valence-electron chi connectivity index (χ3n) is 2.45. The second kappa shape index (κ2) is 4.83. The SMILES string of the molecule is C[C@H](O)[C@@H]1CCCN1C(=O)CN=[N+]=[N-]. The van der Waals surface area contributed by atoms with Gasteiger partial charge in [0, 0.05) is 11.5 Å². The first-order chi connectivity index (χ1) is 6.66. The van der Waals surface area contributed by atoms with Gasteiger partial charge in [-0.2, -0.15) is 0 Å². The summed E-state index contributed by atoms with van der Waals surface area (Å²) in [6, 6.07) is -0.114. The maximum atomic E-state index is 11.5. The highest BCUT2D eigenvalue weighted by atomic mass is 16.3. The van der Waals surface area contributed by atoms with Crippen molar-refractivity contribution in [3.8, 4) is 0 Å². The number of nitrogens with zero attached hydrogens (tertiary/aromatic N) is 4. The number of aliphatic hydroxyl groups is 1. The van der Waals surface area contributed by atoms with E-state index in [0.29, 0.717) is 6.54 Å². The maximum Gasteiger partial charge on any atom is 0.228 e. The van der Waals surface area contributed by atoms with Crippen LogP contribution in [0.15, 0.2) is 5.11 Å². The van der Waals surface area contributed by atoms with Gasteiger partial charge in [-0.15, -0.1) is 0 Å². The van der Waals surface area contributed by atoms with Crippen LogP contribution in [0.4, 0.5) is 0 Å². The first kappa shape index (κ1) is 10.8. The van der Waals surface area contributed by atoms with Crippen LogP contribution < -0.4 is 0 Å². The molecule has 2 atom stereocenters. The van der Waals surface area contributed by atoms with Crippen LogP contribution in [0.2, 0.25) is 0 Å². The molecule has 1 saturated heterocycles. The predicted octanol–water partition coefficient (Wildman–Crippen LogP) is 0.668. The smallest absolute Gasteiger partial charge is 0.228 e. The van der Waals surface area contributed by atoms with Crippen molar-refractivity contribution in [3.63, 3.8) is 0 Å². The largest absolute Gasteiger partial charge is 0.391 e. The molecule has 0 aromatic rings. The maximum absolute atomic E-state index is 11.5. The molecule has 0 radical (unpaired) electrons. The highest BCUT2D eigenvalue weighted by Crippen LogP contribution is 2.20. The lowest BCUT2D eigenvalue weighted by molar-refractivity contribution is -0.132. The van der Waals surface area contributed by atoms with Crippen LogP contribution in [-0.2, 0) is 4.79 Å². The molecule has 1 aliphatic rings. The van der Waals surface area contributed by atoms with Gasteiger partial charge in [-0.25, -0.2) is 0 Å². The second-order valence-electron chi connectivity index (χ2n) is 3.43. The number of hydrogen-bond acceptors (Lipinski definition) is 3. The summed E-state index contributed by atoms with van der Waals surface area (Å²) in [4.78, 5) is 15.6. The first-order valence-electron chi connectivity index (χ1n) is 4.65. The molecule has 1 N–H and O–H groups in total. The van der Waals surface area contributed by atoms with Crippen molar-refractivity contribution in [3.05, 3.63) is 10.4 Å². The van der Waals surface area contributed by atoms with Crippen LogP contribution in [-0.4, -0.2) is 41.1 Å². The molecule has 1 rings (SSSR count). The van der Waals surface area contributed by atoms with Gasteiger partial charge in [-0.05, 0) is 25.3 Å². The van der Waals surface area contributed by atoms with Crippen molar-refractivity contribution < 1.29 is 9.90 Å². The van der Waals surface area contributed by atoms with Crippen molar-refractivity contribution in [2.75, 3.05) is 13.1 Å². The third kappa shape index (κ3) is 2.37. The summed E-state index contributed by atoms with van der Waals surface area (Å²) in [6.45, 7) is 2.17. The summed E-state index contributed by atoms with van der Waals surface area (Å²) >= 11 is 0. The topological polar surface area (TPSA) is 89.3 Å². The van der Waals surface area contributed by atoms with Crippen molar-refractivity contribution in [1.82, 2.24) is 4.90 Å². The van der Waals surface area contributed by atoms with Gasteiger partial charge in [0.15, 0.2) is 0 Å². The van der Waals surface area contributed by atoms with E-state index >= 15 is 0 Å². The lowest BCUT2D eigenvalue weighted by Gasteiger charge is -2.26. The van der Waals surface area contributed by atoms with E-state index in [1.54, 1.807) is 11.8 Å². The molecule has 0 aliphatic carbocycles. The van der Waals surface area contributed by atoms with Crippen LogP contribution >= 0.6 is 0 Å². The zero-order valence-electron chi connectivity index (χ0n) is 8.13. The van der Waals surface area contributed by atoms with Crippen molar-refractivity contribution in [2.45, 2.75) is 31.9 Å². The number of rotatable bonds is 3. The Morgan fingerprint density at radius 1 is 1.86 bits per heavy atom. The fourth-order valence-corrected chi connectivity index (χ4v) is 1.79. The summed E-state index contributed by atoms with van der Waals surface area (Å²) in [5, 5.41) is 12.6. The summed E-state index contributed by atoms with van der Waals surface area (Å²) in [5.74, 6) is -0.203. The molecule has 1 fully saturated rings. The van der Waals surface area contributed by atoms with Gasteiger partial charge in [0.1, 0.15) is 6.54 Å². The summed E-state index contributed by atoms with van der Waals surface area (Å²) in [5.41, 5.74) is 8.07. The normalized spacial score (nSPS) is 23.0. The van der Waals surface area contributed by atoms with Gasteiger partial charge >= 0.3 is 0 Å². The van der Waals surface area contributed by atoms with Crippen LogP contribution in [0.5, 0.6) is 0 Å². The molecule has 1 heterocycles. The van der Waals surface area contributed by atoms with E-state index in [9.17, 15) is 9.90 Å². The molecular formula is C8H14N4O2. The fraction of sp³-hybridized carbons (Fsp3) is 0.875. The Kier molecular flexibility index (Phi) is 3.73. The highest BCUT2D eigenvalue weighted by Gasteiger charge is 2.31. The molecule has 78 valence electrons. The minimum Gasteiger partial charge on any atom is -0.391 e. The van der Waals surface area contributed by atoms with E-state index in [1.165, 1.54) is 0 Å². The minimum atomic E-state index is -0.521. The molecule has 0 unspecified atom stereocenters. The molecular weight excluding hydrogens is 184 g/mol. The molecule has 0 saturated carbocycles. The van der Waals surface area contributed by atoms with E-state index in [1.807, 2.05) is 0 Å². The van der Waals surface area contributed by atoms with E-state index in [0.717, 1.165) is 12.8 Å². The molecule has 1 amide bonds. The molecule has 1 aliphatic heterocycles. The molecule has 0 aromatic heterocycles. The predicted molar refractivity (Wildman–Crippen MR) is 50.4 cm³/mol. The second-order valence-corrected chi connectivity index (χ2v) is 3.43. The zero-order chi connectivity index (χ0) is 10.6. The molecule has 14 heavy (non-hydrogen) atoms. The average molecular weight is 198 g/mol. The minimum absolute atomic E-state index is 0.114. The monoisotopic (exact) mass is 198 g/mol. The Bertz CT molecular complexity index is 260. The quantitative estimate of drug-likeness (QED) is 0.410.